The maximum Gasteiger partial charge on any atom is 0.263 e. The van der Waals surface area contributed by atoms with Crippen molar-refractivity contribution in [1.29, 1.82) is 0 Å². The molecule has 0 saturated carbocycles. The van der Waals surface area contributed by atoms with E-state index in [1.165, 1.54) is 24.2 Å². The van der Waals surface area contributed by atoms with Crippen LogP contribution in [0.5, 0.6) is 0 Å². The van der Waals surface area contributed by atoms with E-state index in [4.69, 9.17) is 0 Å². The van der Waals surface area contributed by atoms with Crippen molar-refractivity contribution in [3.8, 4) is 0 Å². The van der Waals surface area contributed by atoms with Gasteiger partial charge in [0.15, 0.2) is 0 Å². The number of rotatable bonds is 3. The number of nitrogens with one attached hydrogen (secondary N) is 1. The zero-order valence-corrected chi connectivity index (χ0v) is 17.3. The standard InChI is InChI=1S/C21H28N4O2S/c1-15-11-18(28-14-15)21(27)25-10-6-7-16(13-25)19-17(12-22-23-19)20(26)24-8-4-2-3-5-9-24/h11-12,14,16H,2-10,13H2,1H3,(H,22,23)/t16-/m1/s1. The minimum Gasteiger partial charge on any atom is -0.339 e. The van der Waals surface area contributed by atoms with Gasteiger partial charge in [-0.25, -0.2) is 0 Å². The first-order chi connectivity index (χ1) is 13.6. The summed E-state index contributed by atoms with van der Waals surface area (Å²) in [5, 5.41) is 9.29. The van der Waals surface area contributed by atoms with Gasteiger partial charge in [0, 0.05) is 32.1 Å². The van der Waals surface area contributed by atoms with Crippen LogP contribution in [0.3, 0.4) is 0 Å². The van der Waals surface area contributed by atoms with Gasteiger partial charge in [0.25, 0.3) is 11.8 Å². The summed E-state index contributed by atoms with van der Waals surface area (Å²) in [5.41, 5.74) is 2.71. The molecule has 2 amide bonds. The number of piperidine rings is 1. The Morgan fingerprint density at radius 3 is 2.54 bits per heavy atom. The van der Waals surface area contributed by atoms with Crippen LogP contribution in [-0.4, -0.2) is 58.0 Å². The van der Waals surface area contributed by atoms with Gasteiger partial charge < -0.3 is 9.80 Å². The third kappa shape index (κ3) is 3.99. The molecular formula is C21H28N4O2S. The molecule has 4 heterocycles. The molecule has 6 nitrogen and oxygen atoms in total. The molecule has 7 heteroatoms. The Hall–Kier alpha value is -2.15. The molecule has 1 N–H and O–H groups in total. The van der Waals surface area contributed by atoms with Crippen molar-refractivity contribution < 1.29 is 9.59 Å². The highest BCUT2D eigenvalue weighted by Gasteiger charge is 2.31. The van der Waals surface area contributed by atoms with Gasteiger partial charge in [-0.05, 0) is 49.6 Å². The molecule has 0 unspecified atom stereocenters. The van der Waals surface area contributed by atoms with Gasteiger partial charge in [0.05, 0.1) is 22.3 Å². The van der Waals surface area contributed by atoms with Crippen LogP contribution in [0.25, 0.3) is 0 Å². The van der Waals surface area contributed by atoms with Crippen molar-refractivity contribution in [2.24, 2.45) is 0 Å². The SMILES string of the molecule is Cc1csc(C(=O)N2CCC[C@@H](c3[nH]ncc3C(=O)N3CCCCCC3)C2)c1. The van der Waals surface area contributed by atoms with Gasteiger partial charge in [-0.15, -0.1) is 11.3 Å². The molecule has 2 aliphatic rings. The van der Waals surface area contributed by atoms with E-state index in [0.29, 0.717) is 12.1 Å². The number of hydrogen-bond donors (Lipinski definition) is 1. The average molecular weight is 401 g/mol. The van der Waals surface area contributed by atoms with Crippen molar-refractivity contribution in [1.82, 2.24) is 20.0 Å². The van der Waals surface area contributed by atoms with Crippen LogP contribution < -0.4 is 0 Å². The molecule has 2 aliphatic heterocycles. The first kappa shape index (κ1) is 19.2. The molecule has 0 spiro atoms. The third-order valence-electron chi connectivity index (χ3n) is 5.85. The Morgan fingerprint density at radius 1 is 1.07 bits per heavy atom. The van der Waals surface area contributed by atoms with E-state index in [9.17, 15) is 9.59 Å². The molecule has 0 aliphatic carbocycles. The van der Waals surface area contributed by atoms with Gasteiger partial charge in [-0.1, -0.05) is 12.8 Å². The summed E-state index contributed by atoms with van der Waals surface area (Å²) in [4.78, 5) is 30.7. The quantitative estimate of drug-likeness (QED) is 0.852. The van der Waals surface area contributed by atoms with Gasteiger partial charge in [0.1, 0.15) is 0 Å². The predicted octanol–water partition coefficient (Wildman–Crippen LogP) is 3.82. The molecule has 4 rings (SSSR count). The molecule has 2 aromatic heterocycles. The molecule has 2 fully saturated rings. The molecule has 0 bridgehead atoms. The first-order valence-electron chi connectivity index (χ1n) is 10.3. The zero-order valence-electron chi connectivity index (χ0n) is 16.4. The van der Waals surface area contributed by atoms with E-state index >= 15 is 0 Å². The fourth-order valence-electron chi connectivity index (χ4n) is 4.32. The fourth-order valence-corrected chi connectivity index (χ4v) is 5.18. The number of aromatic amines is 1. The number of aromatic nitrogens is 2. The van der Waals surface area contributed by atoms with Crippen molar-refractivity contribution in [3.63, 3.8) is 0 Å². The lowest BCUT2D eigenvalue weighted by Gasteiger charge is -2.32. The van der Waals surface area contributed by atoms with E-state index in [-0.39, 0.29) is 17.7 Å². The van der Waals surface area contributed by atoms with E-state index in [2.05, 4.69) is 10.2 Å². The van der Waals surface area contributed by atoms with Crippen LogP contribution in [-0.2, 0) is 0 Å². The second-order valence-electron chi connectivity index (χ2n) is 7.98. The molecule has 2 aromatic rings. The van der Waals surface area contributed by atoms with E-state index in [0.717, 1.165) is 61.5 Å². The van der Waals surface area contributed by atoms with Gasteiger partial charge in [-0.2, -0.15) is 5.10 Å². The van der Waals surface area contributed by atoms with Crippen LogP contribution in [0, 0.1) is 6.92 Å². The summed E-state index contributed by atoms with van der Waals surface area (Å²) in [6.07, 6.45) is 8.13. The van der Waals surface area contributed by atoms with Crippen molar-refractivity contribution in [2.75, 3.05) is 26.2 Å². The van der Waals surface area contributed by atoms with Gasteiger partial charge >= 0.3 is 0 Å². The second kappa shape index (κ2) is 8.47. The number of likely N-dealkylation sites (tertiary alicyclic amines) is 2. The zero-order chi connectivity index (χ0) is 19.5. The fraction of sp³-hybridized carbons (Fsp3) is 0.571. The maximum atomic E-state index is 13.1. The third-order valence-corrected chi connectivity index (χ3v) is 6.89. The number of thiophene rings is 1. The highest BCUT2D eigenvalue weighted by Crippen LogP contribution is 2.30. The van der Waals surface area contributed by atoms with Crippen LogP contribution in [0.4, 0.5) is 0 Å². The van der Waals surface area contributed by atoms with Crippen molar-refractivity contribution in [2.45, 2.75) is 51.4 Å². The monoisotopic (exact) mass is 400 g/mol. The molecule has 150 valence electrons. The molecule has 2 saturated heterocycles. The Morgan fingerprint density at radius 2 is 1.82 bits per heavy atom. The summed E-state index contributed by atoms with van der Waals surface area (Å²) in [6.45, 7) is 5.08. The highest BCUT2D eigenvalue weighted by atomic mass is 32.1. The number of carbonyl (C=O) groups excluding carboxylic acids is 2. The Balaban J connectivity index is 1.49. The number of carbonyl (C=O) groups is 2. The molecule has 0 radical (unpaired) electrons. The predicted molar refractivity (Wildman–Crippen MR) is 110 cm³/mol. The summed E-state index contributed by atoms with van der Waals surface area (Å²) in [5.74, 6) is 0.317. The van der Waals surface area contributed by atoms with Crippen LogP contribution in [0.1, 0.15) is 75.7 Å². The number of amides is 2. The van der Waals surface area contributed by atoms with Gasteiger partial charge in [-0.3, -0.25) is 14.7 Å². The highest BCUT2D eigenvalue weighted by molar-refractivity contribution is 7.12. The number of hydrogen-bond acceptors (Lipinski definition) is 4. The minimum absolute atomic E-state index is 0.0861. The van der Waals surface area contributed by atoms with Gasteiger partial charge in [0.2, 0.25) is 0 Å². The molecular weight excluding hydrogens is 372 g/mol. The van der Waals surface area contributed by atoms with E-state index in [1.807, 2.05) is 28.2 Å². The average Bonchev–Trinajstić information content (AvgIpc) is 3.29. The number of aryl methyl sites for hydroxylation is 1. The second-order valence-corrected chi connectivity index (χ2v) is 8.89. The number of H-pyrrole nitrogens is 1. The Labute approximate surface area is 169 Å². The largest absolute Gasteiger partial charge is 0.339 e. The van der Waals surface area contributed by atoms with E-state index in [1.54, 1.807) is 6.20 Å². The van der Waals surface area contributed by atoms with Crippen LogP contribution >= 0.6 is 11.3 Å². The summed E-state index contributed by atoms with van der Waals surface area (Å²) >= 11 is 1.51. The lowest BCUT2D eigenvalue weighted by atomic mass is 9.92. The van der Waals surface area contributed by atoms with E-state index < -0.39 is 0 Å². The molecule has 28 heavy (non-hydrogen) atoms. The lowest BCUT2D eigenvalue weighted by molar-refractivity contribution is 0.0709. The first-order valence-corrected chi connectivity index (χ1v) is 11.2. The molecule has 1 atom stereocenters. The topological polar surface area (TPSA) is 69.3 Å². The smallest absolute Gasteiger partial charge is 0.263 e. The molecule has 0 aromatic carbocycles. The Kier molecular flexibility index (Phi) is 5.80. The number of nitrogens with zero attached hydrogens (tertiary/aromatic N) is 3. The minimum atomic E-state index is 0.0861. The lowest BCUT2D eigenvalue weighted by Crippen LogP contribution is -2.39. The van der Waals surface area contributed by atoms with Crippen molar-refractivity contribution >= 4 is 23.2 Å². The van der Waals surface area contributed by atoms with Crippen LogP contribution in [0.15, 0.2) is 17.6 Å². The summed E-state index contributed by atoms with van der Waals surface area (Å²) < 4.78 is 0. The summed E-state index contributed by atoms with van der Waals surface area (Å²) in [7, 11) is 0. The van der Waals surface area contributed by atoms with Crippen molar-refractivity contribution in [3.05, 3.63) is 39.3 Å². The Bertz CT molecular complexity index is 835. The summed E-state index contributed by atoms with van der Waals surface area (Å²) in [6, 6.07) is 1.96. The maximum absolute atomic E-state index is 13.1. The van der Waals surface area contributed by atoms with Crippen LogP contribution in [0.2, 0.25) is 0 Å². The normalized spacial score (nSPS) is 20.8.